The van der Waals surface area contributed by atoms with Crippen LogP contribution in [-0.4, -0.2) is 24.0 Å². The minimum Gasteiger partial charge on any atom is -0.472 e. The summed E-state index contributed by atoms with van der Waals surface area (Å²) in [6.45, 7) is 5.65. The molecule has 1 amide bonds. The molecule has 0 fully saturated rings. The number of amides is 1. The van der Waals surface area contributed by atoms with E-state index in [9.17, 15) is 9.59 Å². The predicted molar refractivity (Wildman–Crippen MR) is 61.5 cm³/mol. The Balaban J connectivity index is 2.24. The van der Waals surface area contributed by atoms with Crippen LogP contribution in [0.25, 0.3) is 0 Å². The fraction of sp³-hybridized carbons (Fsp3) is 0.500. The van der Waals surface area contributed by atoms with E-state index in [0.29, 0.717) is 5.56 Å². The van der Waals surface area contributed by atoms with Crippen LogP contribution < -0.4 is 5.32 Å². The molecule has 1 rings (SSSR count). The molecule has 5 heteroatoms. The number of nitrogens with one attached hydrogen (secondary N) is 1. The second-order valence-electron chi connectivity index (χ2n) is 4.60. The number of carbonyl (C=O) groups excluding carboxylic acids is 2. The van der Waals surface area contributed by atoms with Crippen molar-refractivity contribution in [3.63, 3.8) is 0 Å². The van der Waals surface area contributed by atoms with Gasteiger partial charge in [0.1, 0.15) is 11.9 Å². The minimum atomic E-state index is -0.494. The molecule has 0 aliphatic heterocycles. The molecule has 94 valence electrons. The molecule has 0 aliphatic rings. The summed E-state index contributed by atoms with van der Waals surface area (Å²) in [5, 5.41) is 2.60. The van der Waals surface area contributed by atoms with Gasteiger partial charge in [0.25, 0.3) is 5.91 Å². The van der Waals surface area contributed by atoms with Gasteiger partial charge in [-0.05, 0) is 26.8 Å². The summed E-state index contributed by atoms with van der Waals surface area (Å²) in [7, 11) is 0. The highest BCUT2D eigenvalue weighted by atomic mass is 16.6. The smallest absolute Gasteiger partial charge is 0.308 e. The predicted octanol–water partition coefficient (Wildman–Crippen LogP) is 1.74. The summed E-state index contributed by atoms with van der Waals surface area (Å²) < 4.78 is 9.88. The van der Waals surface area contributed by atoms with Crippen LogP contribution >= 0.6 is 0 Å². The van der Waals surface area contributed by atoms with Gasteiger partial charge in [0, 0.05) is 6.54 Å². The van der Waals surface area contributed by atoms with Crippen molar-refractivity contribution in [2.24, 2.45) is 0 Å². The molecule has 0 saturated carbocycles. The maximum Gasteiger partial charge on any atom is 0.308 e. The van der Waals surface area contributed by atoms with Crippen molar-refractivity contribution in [2.45, 2.75) is 32.8 Å². The van der Waals surface area contributed by atoms with Gasteiger partial charge in [-0.25, -0.2) is 0 Å². The van der Waals surface area contributed by atoms with E-state index < -0.39 is 5.60 Å². The SMILES string of the molecule is CC(C)(C)OC(=O)CCNC(=O)c1ccoc1. The van der Waals surface area contributed by atoms with Crippen LogP contribution in [0, 0.1) is 0 Å². The Bertz CT molecular complexity index is 376. The van der Waals surface area contributed by atoms with Crippen molar-refractivity contribution >= 4 is 11.9 Å². The number of carbonyl (C=O) groups is 2. The quantitative estimate of drug-likeness (QED) is 0.812. The largest absolute Gasteiger partial charge is 0.472 e. The molecule has 1 aromatic heterocycles. The Morgan fingerprint density at radius 1 is 1.41 bits per heavy atom. The molecule has 0 bridgehead atoms. The van der Waals surface area contributed by atoms with Crippen molar-refractivity contribution in [1.29, 1.82) is 0 Å². The summed E-state index contributed by atoms with van der Waals surface area (Å²) in [6, 6.07) is 1.56. The summed E-state index contributed by atoms with van der Waals surface area (Å²) in [4.78, 5) is 22.8. The fourth-order valence-electron chi connectivity index (χ4n) is 1.17. The lowest BCUT2D eigenvalue weighted by Crippen LogP contribution is -2.29. The number of hydrogen-bond donors (Lipinski definition) is 1. The first kappa shape index (κ1) is 13.3. The average Bonchev–Trinajstić information content (AvgIpc) is 2.66. The minimum absolute atomic E-state index is 0.154. The first-order valence-electron chi connectivity index (χ1n) is 5.41. The van der Waals surface area contributed by atoms with Crippen LogP contribution in [0.4, 0.5) is 0 Å². The fourth-order valence-corrected chi connectivity index (χ4v) is 1.17. The van der Waals surface area contributed by atoms with Crippen molar-refractivity contribution in [3.05, 3.63) is 24.2 Å². The average molecular weight is 239 g/mol. The second kappa shape index (κ2) is 5.52. The zero-order chi connectivity index (χ0) is 12.9. The van der Waals surface area contributed by atoms with Gasteiger partial charge >= 0.3 is 5.97 Å². The van der Waals surface area contributed by atoms with Crippen LogP contribution in [0.3, 0.4) is 0 Å². The van der Waals surface area contributed by atoms with Crippen molar-refractivity contribution < 1.29 is 18.7 Å². The van der Waals surface area contributed by atoms with Gasteiger partial charge < -0.3 is 14.5 Å². The number of hydrogen-bond acceptors (Lipinski definition) is 4. The normalized spacial score (nSPS) is 11.0. The molecule has 0 radical (unpaired) electrons. The monoisotopic (exact) mass is 239 g/mol. The van der Waals surface area contributed by atoms with Crippen LogP contribution in [0.1, 0.15) is 37.6 Å². The molecule has 0 spiro atoms. The zero-order valence-electron chi connectivity index (χ0n) is 10.3. The highest BCUT2D eigenvalue weighted by Gasteiger charge is 2.16. The molecule has 0 unspecified atom stereocenters. The van der Waals surface area contributed by atoms with Crippen LogP contribution in [0.15, 0.2) is 23.0 Å². The van der Waals surface area contributed by atoms with Crippen LogP contribution in [0.2, 0.25) is 0 Å². The third kappa shape index (κ3) is 5.19. The summed E-state index contributed by atoms with van der Waals surface area (Å²) in [5.41, 5.74) is -0.0553. The first-order chi connectivity index (χ1) is 7.88. The third-order valence-electron chi connectivity index (χ3n) is 1.82. The molecule has 0 aromatic carbocycles. The first-order valence-corrected chi connectivity index (χ1v) is 5.41. The van der Waals surface area contributed by atoms with Crippen LogP contribution in [-0.2, 0) is 9.53 Å². The zero-order valence-corrected chi connectivity index (χ0v) is 10.3. The Morgan fingerprint density at radius 2 is 2.12 bits per heavy atom. The van der Waals surface area contributed by atoms with E-state index in [1.54, 1.807) is 26.8 Å². The molecule has 0 aliphatic carbocycles. The summed E-state index contributed by atoms with van der Waals surface area (Å²) >= 11 is 0. The van der Waals surface area contributed by atoms with E-state index in [4.69, 9.17) is 9.15 Å². The lowest BCUT2D eigenvalue weighted by atomic mass is 10.2. The van der Waals surface area contributed by atoms with E-state index in [1.807, 2.05) is 0 Å². The molecule has 1 N–H and O–H groups in total. The Labute approximate surface area is 100 Å². The highest BCUT2D eigenvalue weighted by Crippen LogP contribution is 2.07. The molecule has 5 nitrogen and oxygen atoms in total. The van der Waals surface area contributed by atoms with Gasteiger partial charge in [0.15, 0.2) is 0 Å². The summed E-state index contributed by atoms with van der Waals surface area (Å²) in [6.07, 6.45) is 2.92. The van der Waals surface area contributed by atoms with Gasteiger partial charge in [0.2, 0.25) is 0 Å². The van der Waals surface area contributed by atoms with Crippen molar-refractivity contribution in [3.8, 4) is 0 Å². The number of esters is 1. The maximum absolute atomic E-state index is 11.4. The van der Waals surface area contributed by atoms with Gasteiger partial charge in [-0.1, -0.05) is 0 Å². The third-order valence-corrected chi connectivity index (χ3v) is 1.82. The summed E-state index contributed by atoms with van der Waals surface area (Å²) in [5.74, 6) is -0.590. The van der Waals surface area contributed by atoms with E-state index in [0.717, 1.165) is 0 Å². The molecule has 17 heavy (non-hydrogen) atoms. The Morgan fingerprint density at radius 3 is 2.65 bits per heavy atom. The van der Waals surface area contributed by atoms with Crippen molar-refractivity contribution in [1.82, 2.24) is 5.32 Å². The molecule has 1 heterocycles. The number of ether oxygens (including phenoxy) is 1. The number of furan rings is 1. The second-order valence-corrected chi connectivity index (χ2v) is 4.60. The lowest BCUT2D eigenvalue weighted by Gasteiger charge is -2.19. The molecular weight excluding hydrogens is 222 g/mol. The highest BCUT2D eigenvalue weighted by molar-refractivity contribution is 5.93. The Hall–Kier alpha value is -1.78. The van der Waals surface area contributed by atoms with E-state index in [2.05, 4.69) is 5.32 Å². The lowest BCUT2D eigenvalue weighted by molar-refractivity contribution is -0.154. The van der Waals surface area contributed by atoms with Gasteiger partial charge in [-0.3, -0.25) is 9.59 Å². The van der Waals surface area contributed by atoms with Gasteiger partial charge in [-0.2, -0.15) is 0 Å². The van der Waals surface area contributed by atoms with Gasteiger partial charge in [-0.15, -0.1) is 0 Å². The molecule has 0 atom stereocenters. The maximum atomic E-state index is 11.4. The van der Waals surface area contributed by atoms with Crippen LogP contribution in [0.5, 0.6) is 0 Å². The Kier molecular flexibility index (Phi) is 4.31. The van der Waals surface area contributed by atoms with E-state index >= 15 is 0 Å². The van der Waals surface area contributed by atoms with Gasteiger partial charge in [0.05, 0.1) is 18.2 Å². The van der Waals surface area contributed by atoms with E-state index in [1.165, 1.54) is 12.5 Å². The molecular formula is C12H17NO4. The number of rotatable bonds is 4. The van der Waals surface area contributed by atoms with E-state index in [-0.39, 0.29) is 24.8 Å². The topological polar surface area (TPSA) is 68.5 Å². The standard InChI is InChI=1S/C12H17NO4/c1-12(2,3)17-10(14)4-6-13-11(15)9-5-7-16-8-9/h5,7-8H,4,6H2,1-3H3,(H,13,15). The molecule has 1 aromatic rings. The van der Waals surface area contributed by atoms with Crippen molar-refractivity contribution in [2.75, 3.05) is 6.54 Å². The molecule has 0 saturated heterocycles.